The number of rotatable bonds is 2. The van der Waals surface area contributed by atoms with E-state index in [4.69, 9.17) is 0 Å². The maximum atomic E-state index is 4.07. The minimum absolute atomic E-state index is 0.911. The largest absolute Gasteiger partial charge is 0.206 e. The molecule has 3 nitrogen and oxygen atoms in total. The average molecular weight is 252 g/mol. The van der Waals surface area contributed by atoms with Crippen LogP contribution in [0.1, 0.15) is 13.3 Å². The Morgan fingerprint density at radius 1 is 1.50 bits per heavy atom. The van der Waals surface area contributed by atoms with E-state index in [1.807, 2.05) is 24.3 Å². The molecular weight excluding hydrogens is 242 g/mol. The summed E-state index contributed by atoms with van der Waals surface area (Å²) < 4.78 is 2.73. The lowest BCUT2D eigenvalue weighted by Gasteiger charge is -1.98. The molecule has 0 amide bonds. The second-order valence-corrected chi connectivity index (χ2v) is 3.74. The minimum Gasteiger partial charge on any atom is -0.206 e. The van der Waals surface area contributed by atoms with Crippen molar-refractivity contribution in [1.82, 2.24) is 15.0 Å². The predicted octanol–water partition coefficient (Wildman–Crippen LogP) is 3.03. The summed E-state index contributed by atoms with van der Waals surface area (Å²) >= 11 is 3.47. The lowest BCUT2D eigenvalue weighted by Crippen LogP contribution is -1.93. The molecule has 0 aliphatic carbocycles. The molecule has 4 heteroatoms. The Balaban J connectivity index is 2.58. The van der Waals surface area contributed by atoms with Crippen molar-refractivity contribution in [2.75, 3.05) is 0 Å². The van der Waals surface area contributed by atoms with Gasteiger partial charge in [-0.2, -0.15) is 0 Å². The van der Waals surface area contributed by atoms with Crippen LogP contribution in [-0.2, 0) is 0 Å². The fraction of sp³-hybridized carbons (Fsp3) is 0.200. The lowest BCUT2D eigenvalue weighted by molar-refractivity contribution is 0.854. The van der Waals surface area contributed by atoms with E-state index < -0.39 is 0 Å². The highest BCUT2D eigenvalue weighted by Crippen LogP contribution is 2.19. The molecule has 1 aromatic carbocycles. The molecule has 0 unspecified atom stereocenters. The first kappa shape index (κ1) is 9.40. The van der Waals surface area contributed by atoms with E-state index >= 15 is 0 Å². The maximum absolute atomic E-state index is 4.07. The van der Waals surface area contributed by atoms with Gasteiger partial charge in [0.2, 0.25) is 0 Å². The molecule has 2 rings (SSSR count). The molecule has 0 spiro atoms. The van der Waals surface area contributed by atoms with Gasteiger partial charge in [0.1, 0.15) is 10.1 Å². The van der Waals surface area contributed by atoms with Crippen LogP contribution in [0.15, 0.2) is 30.3 Å². The van der Waals surface area contributed by atoms with Gasteiger partial charge in [0.05, 0.1) is 5.52 Å². The molecule has 72 valence electrons. The molecule has 0 N–H and O–H groups in total. The van der Waals surface area contributed by atoms with Gasteiger partial charge in [-0.25, -0.2) is 4.68 Å². The SMILES string of the molecule is CC/C=C(/Br)n1nnc2ccccc21. The predicted molar refractivity (Wildman–Crippen MR) is 61.0 cm³/mol. The number of benzene rings is 1. The fourth-order valence-corrected chi connectivity index (χ4v) is 1.87. The molecular formula is C10H10BrN3. The lowest BCUT2D eigenvalue weighted by atomic mass is 10.3. The molecule has 2 aromatic rings. The van der Waals surface area contributed by atoms with Gasteiger partial charge in [0.25, 0.3) is 0 Å². The number of para-hydroxylation sites is 1. The minimum atomic E-state index is 0.911. The topological polar surface area (TPSA) is 30.7 Å². The Labute approximate surface area is 90.5 Å². The standard InChI is InChI=1S/C10H10BrN3/c1-2-5-10(11)14-9-7-4-3-6-8(9)12-13-14/h3-7H,2H2,1H3/b10-5-. The number of aromatic nitrogens is 3. The van der Waals surface area contributed by atoms with Gasteiger partial charge in [-0.3, -0.25) is 0 Å². The molecule has 0 aliphatic heterocycles. The summed E-state index contributed by atoms with van der Waals surface area (Å²) in [6, 6.07) is 7.89. The molecule has 1 aromatic heterocycles. The van der Waals surface area contributed by atoms with Crippen molar-refractivity contribution < 1.29 is 0 Å². The first-order valence-electron chi connectivity index (χ1n) is 4.49. The molecule has 0 saturated carbocycles. The van der Waals surface area contributed by atoms with Crippen LogP contribution in [0.3, 0.4) is 0 Å². The first-order valence-corrected chi connectivity index (χ1v) is 5.28. The van der Waals surface area contributed by atoms with E-state index in [1.165, 1.54) is 0 Å². The van der Waals surface area contributed by atoms with Crippen LogP contribution in [0, 0.1) is 0 Å². The summed E-state index contributed by atoms with van der Waals surface area (Å²) in [4.78, 5) is 0. The van der Waals surface area contributed by atoms with E-state index in [-0.39, 0.29) is 0 Å². The maximum Gasteiger partial charge on any atom is 0.113 e. The van der Waals surface area contributed by atoms with Crippen LogP contribution in [0.4, 0.5) is 0 Å². The van der Waals surface area contributed by atoms with E-state index in [0.29, 0.717) is 0 Å². The van der Waals surface area contributed by atoms with E-state index in [9.17, 15) is 0 Å². The molecule has 0 fully saturated rings. The van der Waals surface area contributed by atoms with Gasteiger partial charge < -0.3 is 0 Å². The Kier molecular flexibility index (Phi) is 2.63. The van der Waals surface area contributed by atoms with Crippen LogP contribution in [0.5, 0.6) is 0 Å². The number of hydrogen-bond acceptors (Lipinski definition) is 2. The van der Waals surface area contributed by atoms with Crippen LogP contribution in [-0.4, -0.2) is 15.0 Å². The van der Waals surface area contributed by atoms with Crippen molar-refractivity contribution in [3.05, 3.63) is 30.3 Å². The summed E-state index contributed by atoms with van der Waals surface area (Å²) in [5.74, 6) is 0. The van der Waals surface area contributed by atoms with Crippen molar-refractivity contribution in [3.8, 4) is 0 Å². The van der Waals surface area contributed by atoms with Crippen molar-refractivity contribution in [2.24, 2.45) is 0 Å². The second-order valence-electron chi connectivity index (χ2n) is 2.93. The Hall–Kier alpha value is -1.16. The molecule has 14 heavy (non-hydrogen) atoms. The highest BCUT2D eigenvalue weighted by Gasteiger charge is 2.04. The Morgan fingerprint density at radius 2 is 2.29 bits per heavy atom. The summed E-state index contributed by atoms with van der Waals surface area (Å²) in [6.45, 7) is 2.08. The zero-order valence-corrected chi connectivity index (χ0v) is 9.40. The van der Waals surface area contributed by atoms with Crippen LogP contribution in [0.25, 0.3) is 15.6 Å². The zero-order valence-electron chi connectivity index (χ0n) is 7.81. The molecule has 0 bridgehead atoms. The number of allylic oxidation sites excluding steroid dienone is 1. The van der Waals surface area contributed by atoms with E-state index in [0.717, 1.165) is 22.1 Å². The van der Waals surface area contributed by atoms with Gasteiger partial charge in [-0.1, -0.05) is 30.3 Å². The average Bonchev–Trinajstić information content (AvgIpc) is 2.61. The number of hydrogen-bond donors (Lipinski definition) is 0. The second kappa shape index (κ2) is 3.92. The first-order chi connectivity index (χ1) is 6.83. The number of halogens is 1. The van der Waals surface area contributed by atoms with Crippen molar-refractivity contribution in [2.45, 2.75) is 13.3 Å². The molecule has 0 aliphatic rings. The van der Waals surface area contributed by atoms with E-state index in [2.05, 4.69) is 39.2 Å². The quantitative estimate of drug-likeness (QED) is 0.822. The van der Waals surface area contributed by atoms with Crippen LogP contribution >= 0.6 is 15.9 Å². The normalized spacial score (nSPS) is 12.3. The molecule has 1 heterocycles. The number of fused-ring (bicyclic) bond motifs is 1. The summed E-state index contributed by atoms with van der Waals surface area (Å²) in [7, 11) is 0. The molecule has 0 radical (unpaired) electrons. The third kappa shape index (κ3) is 1.57. The van der Waals surface area contributed by atoms with Crippen LogP contribution in [0.2, 0.25) is 0 Å². The highest BCUT2D eigenvalue weighted by atomic mass is 79.9. The van der Waals surface area contributed by atoms with Crippen molar-refractivity contribution in [1.29, 1.82) is 0 Å². The fourth-order valence-electron chi connectivity index (χ4n) is 1.28. The molecule has 0 atom stereocenters. The third-order valence-electron chi connectivity index (χ3n) is 1.93. The molecule has 0 saturated heterocycles. The van der Waals surface area contributed by atoms with Gasteiger partial charge in [0, 0.05) is 0 Å². The summed E-state index contributed by atoms with van der Waals surface area (Å²) in [6.07, 6.45) is 3.02. The van der Waals surface area contributed by atoms with Crippen LogP contribution < -0.4 is 0 Å². The smallest absolute Gasteiger partial charge is 0.113 e. The third-order valence-corrected chi connectivity index (χ3v) is 2.59. The van der Waals surface area contributed by atoms with Gasteiger partial charge >= 0.3 is 0 Å². The van der Waals surface area contributed by atoms with Gasteiger partial charge in [0.15, 0.2) is 0 Å². The number of nitrogens with zero attached hydrogens (tertiary/aromatic N) is 3. The summed E-state index contributed by atoms with van der Waals surface area (Å²) in [5, 5.41) is 8.13. The Bertz CT molecular complexity index is 473. The highest BCUT2D eigenvalue weighted by molar-refractivity contribution is 9.14. The Morgan fingerprint density at radius 3 is 3.07 bits per heavy atom. The van der Waals surface area contributed by atoms with E-state index in [1.54, 1.807) is 4.68 Å². The van der Waals surface area contributed by atoms with Crippen molar-refractivity contribution >= 4 is 31.6 Å². The van der Waals surface area contributed by atoms with Gasteiger partial charge in [-0.15, -0.1) is 5.10 Å². The zero-order chi connectivity index (χ0) is 9.97. The monoisotopic (exact) mass is 251 g/mol. The van der Waals surface area contributed by atoms with Gasteiger partial charge in [-0.05, 0) is 34.5 Å². The summed E-state index contributed by atoms with van der Waals surface area (Å²) in [5.41, 5.74) is 1.93. The van der Waals surface area contributed by atoms with Crippen molar-refractivity contribution in [3.63, 3.8) is 0 Å².